The highest BCUT2D eigenvalue weighted by atomic mass is 32.2. The third-order valence-electron chi connectivity index (χ3n) is 5.64. The maximum absolute atomic E-state index is 13.1. The van der Waals surface area contributed by atoms with Crippen LogP contribution in [0.15, 0.2) is 24.3 Å². The number of nitrogens with zero attached hydrogens (tertiary/aromatic N) is 2. The number of hydrogen-bond acceptors (Lipinski definition) is 6. The first-order valence-corrected chi connectivity index (χ1v) is 14.1. The minimum absolute atomic E-state index is 0.241. The number of ether oxygens (including phenoxy) is 3. The molecular weight excluding hydrogens is 513 g/mol. The standard InChI is InChI=1S/C22H31F3N2O6S.C3H8/c1-21(2,3)33-20(28)26-12-10-19(11-13-26)34(29,30)27-14-8-17(9-15-27)31-16-4-6-18(7-5-16)32-22(23,24)25;1-3-2/h4-7,17,19H,8-15H2,1-3H3;3H2,1-2H3. The van der Waals surface area contributed by atoms with Crippen LogP contribution < -0.4 is 9.47 Å². The summed E-state index contributed by atoms with van der Waals surface area (Å²) in [7, 11) is -3.51. The predicted octanol–water partition coefficient (Wildman–Crippen LogP) is 5.57. The van der Waals surface area contributed by atoms with Gasteiger partial charge < -0.3 is 19.1 Å². The molecule has 0 N–H and O–H groups in total. The van der Waals surface area contributed by atoms with Crippen molar-refractivity contribution in [2.24, 2.45) is 0 Å². The molecule has 3 rings (SSSR count). The Balaban J connectivity index is 0.00000153. The third kappa shape index (κ3) is 10.2. The zero-order chi connectivity index (χ0) is 27.9. The summed E-state index contributed by atoms with van der Waals surface area (Å²) in [5, 5.41) is -0.551. The fraction of sp³-hybridized carbons (Fsp3) is 0.720. The number of halogens is 3. The quantitative estimate of drug-likeness (QED) is 0.475. The monoisotopic (exact) mass is 552 g/mol. The van der Waals surface area contributed by atoms with Gasteiger partial charge >= 0.3 is 12.5 Å². The molecule has 0 atom stereocenters. The van der Waals surface area contributed by atoms with Gasteiger partial charge in [-0.05, 0) is 70.7 Å². The highest BCUT2D eigenvalue weighted by Crippen LogP contribution is 2.28. The Kier molecular flexibility index (Phi) is 10.9. The van der Waals surface area contributed by atoms with E-state index in [1.165, 1.54) is 35.0 Å². The first-order valence-electron chi connectivity index (χ1n) is 12.6. The van der Waals surface area contributed by atoms with Gasteiger partial charge in [0.15, 0.2) is 0 Å². The average molecular weight is 553 g/mol. The van der Waals surface area contributed by atoms with E-state index in [9.17, 15) is 26.4 Å². The lowest BCUT2D eigenvalue weighted by atomic mass is 10.1. The summed E-state index contributed by atoms with van der Waals surface area (Å²) >= 11 is 0. The topological polar surface area (TPSA) is 85.4 Å². The van der Waals surface area contributed by atoms with Crippen molar-refractivity contribution in [3.8, 4) is 11.5 Å². The van der Waals surface area contributed by atoms with Gasteiger partial charge in [-0.1, -0.05) is 20.3 Å². The van der Waals surface area contributed by atoms with E-state index in [1.807, 2.05) is 0 Å². The van der Waals surface area contributed by atoms with Gasteiger partial charge in [0.1, 0.15) is 23.2 Å². The van der Waals surface area contributed by atoms with E-state index in [0.717, 1.165) is 0 Å². The second kappa shape index (κ2) is 13.0. The van der Waals surface area contributed by atoms with Crippen LogP contribution in [0.25, 0.3) is 0 Å². The Morgan fingerprint density at radius 2 is 1.41 bits per heavy atom. The Labute approximate surface area is 218 Å². The fourth-order valence-electron chi connectivity index (χ4n) is 3.99. The highest BCUT2D eigenvalue weighted by molar-refractivity contribution is 7.89. The van der Waals surface area contributed by atoms with Gasteiger partial charge in [0.2, 0.25) is 10.0 Å². The normalized spacial score (nSPS) is 18.5. The Bertz CT molecular complexity index is 948. The summed E-state index contributed by atoms with van der Waals surface area (Å²) < 4.78 is 79.5. The molecule has 8 nitrogen and oxygen atoms in total. The molecule has 2 saturated heterocycles. The van der Waals surface area contributed by atoms with Gasteiger partial charge in [-0.25, -0.2) is 17.5 Å². The molecule has 2 fully saturated rings. The van der Waals surface area contributed by atoms with Crippen LogP contribution in [0.3, 0.4) is 0 Å². The molecule has 0 saturated carbocycles. The molecule has 12 heteroatoms. The lowest BCUT2D eigenvalue weighted by molar-refractivity contribution is -0.274. The van der Waals surface area contributed by atoms with Crippen molar-refractivity contribution in [1.29, 1.82) is 0 Å². The van der Waals surface area contributed by atoms with E-state index in [4.69, 9.17) is 9.47 Å². The number of carbonyl (C=O) groups is 1. The average Bonchev–Trinajstić information content (AvgIpc) is 2.79. The molecule has 2 aliphatic rings. The van der Waals surface area contributed by atoms with E-state index >= 15 is 0 Å². The van der Waals surface area contributed by atoms with Crippen LogP contribution in [-0.4, -0.2) is 73.2 Å². The molecule has 2 aliphatic heterocycles. The molecule has 1 aromatic rings. The van der Waals surface area contributed by atoms with E-state index in [2.05, 4.69) is 18.6 Å². The van der Waals surface area contributed by atoms with E-state index in [-0.39, 0.29) is 11.9 Å². The van der Waals surface area contributed by atoms with Crippen LogP contribution >= 0.6 is 0 Å². The Hall–Kier alpha value is -2.21. The molecule has 37 heavy (non-hydrogen) atoms. The van der Waals surface area contributed by atoms with Gasteiger partial charge in [0.05, 0.1) is 5.25 Å². The molecular formula is C25H39F3N2O6S. The van der Waals surface area contributed by atoms with Gasteiger partial charge in [-0.3, -0.25) is 0 Å². The fourth-order valence-corrected chi connectivity index (χ4v) is 5.94. The van der Waals surface area contributed by atoms with Crippen molar-refractivity contribution in [2.45, 2.75) is 90.0 Å². The number of amides is 1. The first kappa shape index (κ1) is 31.0. The van der Waals surface area contributed by atoms with Crippen molar-refractivity contribution in [3.63, 3.8) is 0 Å². The van der Waals surface area contributed by atoms with E-state index < -0.39 is 33.3 Å². The van der Waals surface area contributed by atoms with Gasteiger partial charge in [0, 0.05) is 26.2 Å². The number of rotatable bonds is 5. The van der Waals surface area contributed by atoms with Gasteiger partial charge in [-0.15, -0.1) is 13.2 Å². The maximum atomic E-state index is 13.1. The molecule has 0 bridgehead atoms. The van der Waals surface area contributed by atoms with Gasteiger partial charge in [0.25, 0.3) is 0 Å². The molecule has 1 aromatic carbocycles. The summed E-state index contributed by atoms with van der Waals surface area (Å²) in [5.41, 5.74) is -0.606. The molecule has 0 aliphatic carbocycles. The Morgan fingerprint density at radius 3 is 1.86 bits per heavy atom. The number of sulfonamides is 1. The zero-order valence-corrected chi connectivity index (χ0v) is 23.0. The minimum Gasteiger partial charge on any atom is -0.490 e. The SMILES string of the molecule is CC(C)(C)OC(=O)N1CCC(S(=O)(=O)N2CCC(Oc3ccc(OC(F)(F)F)cc3)CC2)CC1.CCC. The zero-order valence-electron chi connectivity index (χ0n) is 22.2. The van der Waals surface area contributed by atoms with Gasteiger partial charge in [-0.2, -0.15) is 0 Å². The van der Waals surface area contributed by atoms with Crippen LogP contribution in [-0.2, 0) is 14.8 Å². The van der Waals surface area contributed by atoms with Crippen molar-refractivity contribution >= 4 is 16.1 Å². The first-order chi connectivity index (χ1) is 17.1. The molecule has 1 amide bonds. The molecule has 0 spiro atoms. The molecule has 0 radical (unpaired) electrons. The largest absolute Gasteiger partial charge is 0.573 e. The Morgan fingerprint density at radius 1 is 0.919 bits per heavy atom. The smallest absolute Gasteiger partial charge is 0.490 e. The van der Waals surface area contributed by atoms with E-state index in [1.54, 1.807) is 25.7 Å². The molecule has 212 valence electrons. The van der Waals surface area contributed by atoms with Crippen LogP contribution in [0.2, 0.25) is 0 Å². The highest BCUT2D eigenvalue weighted by Gasteiger charge is 2.38. The summed E-state index contributed by atoms with van der Waals surface area (Å²) in [6, 6.07) is 5.13. The van der Waals surface area contributed by atoms with Crippen molar-refractivity contribution in [1.82, 2.24) is 9.21 Å². The van der Waals surface area contributed by atoms with Crippen molar-refractivity contribution in [3.05, 3.63) is 24.3 Å². The second-order valence-electron chi connectivity index (χ2n) is 10.2. The number of piperidine rings is 2. The number of alkyl halides is 3. The van der Waals surface area contributed by atoms with Crippen molar-refractivity contribution in [2.75, 3.05) is 26.2 Å². The molecule has 0 unspecified atom stereocenters. The number of carbonyl (C=O) groups excluding carboxylic acids is 1. The maximum Gasteiger partial charge on any atom is 0.573 e. The van der Waals surface area contributed by atoms with Crippen LogP contribution in [0, 0.1) is 0 Å². The predicted molar refractivity (Wildman–Crippen MR) is 134 cm³/mol. The van der Waals surface area contributed by atoms with Crippen LogP contribution in [0.4, 0.5) is 18.0 Å². The lowest BCUT2D eigenvalue weighted by Crippen LogP contribution is -2.50. The second-order valence-corrected chi connectivity index (χ2v) is 12.4. The summed E-state index contributed by atoms with van der Waals surface area (Å²) in [5.74, 6) is 0.0591. The summed E-state index contributed by atoms with van der Waals surface area (Å²) in [6.07, 6.45) is -2.54. The molecule has 2 heterocycles. The number of benzene rings is 1. The minimum atomic E-state index is -4.76. The number of hydrogen-bond donors (Lipinski definition) is 0. The summed E-state index contributed by atoms with van der Waals surface area (Å²) in [4.78, 5) is 13.8. The van der Waals surface area contributed by atoms with Crippen LogP contribution in [0.1, 0.15) is 66.7 Å². The van der Waals surface area contributed by atoms with Crippen molar-refractivity contribution < 1.29 is 40.6 Å². The third-order valence-corrected chi connectivity index (χ3v) is 8.03. The van der Waals surface area contributed by atoms with Crippen LogP contribution in [0.5, 0.6) is 11.5 Å². The summed E-state index contributed by atoms with van der Waals surface area (Å²) in [6.45, 7) is 10.9. The lowest BCUT2D eigenvalue weighted by Gasteiger charge is -2.37. The molecule has 0 aromatic heterocycles. The van der Waals surface area contributed by atoms with E-state index in [0.29, 0.717) is 57.6 Å². The number of likely N-dealkylation sites (tertiary alicyclic amines) is 1.